The van der Waals surface area contributed by atoms with Crippen molar-refractivity contribution in [3.63, 3.8) is 0 Å². The van der Waals surface area contributed by atoms with Crippen LogP contribution in [0.2, 0.25) is 5.02 Å². The molecule has 8 heteroatoms. The lowest BCUT2D eigenvalue weighted by Gasteiger charge is -2.41. The van der Waals surface area contributed by atoms with E-state index in [9.17, 15) is 9.59 Å². The van der Waals surface area contributed by atoms with Crippen molar-refractivity contribution in [3.8, 4) is 11.5 Å². The van der Waals surface area contributed by atoms with E-state index < -0.39 is 6.04 Å². The Morgan fingerprint density at radius 3 is 2.44 bits per heavy atom. The van der Waals surface area contributed by atoms with Gasteiger partial charge < -0.3 is 19.4 Å². The van der Waals surface area contributed by atoms with Gasteiger partial charge in [0.05, 0.1) is 11.6 Å². The molecule has 1 fully saturated rings. The van der Waals surface area contributed by atoms with Crippen molar-refractivity contribution in [2.45, 2.75) is 38.6 Å². The van der Waals surface area contributed by atoms with E-state index >= 15 is 0 Å². The second kappa shape index (κ2) is 10.4. The fraction of sp³-hybridized carbons (Fsp3) is 0.385. The van der Waals surface area contributed by atoms with Gasteiger partial charge in [-0.1, -0.05) is 52.5 Å². The van der Waals surface area contributed by atoms with E-state index in [4.69, 9.17) is 16.3 Å². The molecule has 2 aliphatic heterocycles. The van der Waals surface area contributed by atoms with Gasteiger partial charge in [-0.15, -0.1) is 0 Å². The van der Waals surface area contributed by atoms with Gasteiger partial charge in [-0.25, -0.2) is 4.79 Å². The van der Waals surface area contributed by atoms with Crippen LogP contribution in [0.3, 0.4) is 0 Å². The minimum Gasteiger partial charge on any atom is -0.457 e. The predicted molar refractivity (Wildman–Crippen MR) is 137 cm³/mol. The minimum absolute atomic E-state index is 0.0211. The minimum atomic E-state index is -0.582. The molecule has 1 unspecified atom stereocenters. The second-order valence-corrected chi connectivity index (χ2v) is 10.2. The molecule has 2 aliphatic rings. The molecule has 1 atom stereocenters. The van der Waals surface area contributed by atoms with Crippen LogP contribution in [0, 0.1) is 0 Å². The smallest absolute Gasteiger partial charge is 0.324 e. The summed E-state index contributed by atoms with van der Waals surface area (Å²) < 4.78 is 7.08. The monoisotopic (exact) mass is 545 g/mol. The zero-order valence-electron chi connectivity index (χ0n) is 19.7. The number of amides is 3. The third-order valence-corrected chi connectivity index (χ3v) is 7.29. The molecule has 0 radical (unpaired) electrons. The van der Waals surface area contributed by atoms with Gasteiger partial charge in [0.2, 0.25) is 0 Å². The topological polar surface area (TPSA) is 53.1 Å². The summed E-state index contributed by atoms with van der Waals surface area (Å²) in [4.78, 5) is 32.1. The molecule has 0 saturated carbocycles. The van der Waals surface area contributed by atoms with Gasteiger partial charge in [-0.05, 0) is 50.1 Å². The fourth-order valence-electron chi connectivity index (χ4n) is 4.62. The summed E-state index contributed by atoms with van der Waals surface area (Å²) in [6.07, 6.45) is 4.26. The highest BCUT2D eigenvalue weighted by Crippen LogP contribution is 2.42. The van der Waals surface area contributed by atoms with Gasteiger partial charge in [0.1, 0.15) is 11.5 Å². The molecule has 180 valence electrons. The maximum Gasteiger partial charge on any atom is 0.324 e. The largest absolute Gasteiger partial charge is 0.457 e. The van der Waals surface area contributed by atoms with Gasteiger partial charge >= 0.3 is 6.03 Å². The van der Waals surface area contributed by atoms with Gasteiger partial charge in [0.15, 0.2) is 0 Å². The Kier molecular flexibility index (Phi) is 7.53. The number of hydrogen-bond donors (Lipinski definition) is 0. The Hall–Kier alpha value is -2.51. The first-order valence-corrected chi connectivity index (χ1v) is 12.7. The molecule has 0 aliphatic carbocycles. The number of likely N-dealkylation sites (N-methyl/N-ethyl adjacent to an activating group) is 1. The Labute approximate surface area is 214 Å². The van der Waals surface area contributed by atoms with E-state index in [1.54, 1.807) is 36.0 Å². The summed E-state index contributed by atoms with van der Waals surface area (Å²) in [5.74, 6) is 1.11. The Morgan fingerprint density at radius 2 is 1.76 bits per heavy atom. The quantitative estimate of drug-likeness (QED) is 0.434. The lowest BCUT2D eigenvalue weighted by atomic mass is 9.91. The number of likely N-dealkylation sites (tertiary alicyclic amines) is 1. The Morgan fingerprint density at radius 1 is 1.06 bits per heavy atom. The van der Waals surface area contributed by atoms with E-state index in [0.29, 0.717) is 27.8 Å². The Balaban J connectivity index is 1.81. The number of rotatable bonds is 4. The molecule has 2 aromatic carbocycles. The van der Waals surface area contributed by atoms with Crippen molar-refractivity contribution in [2.75, 3.05) is 27.2 Å². The first-order valence-electron chi connectivity index (χ1n) is 11.5. The summed E-state index contributed by atoms with van der Waals surface area (Å²) in [6.45, 7) is 3.31. The number of benzene rings is 2. The SMILES string of the molecule is CC1=C(C(=O)N2CCCCCC2)C(c2ccc(Br)cc2Oc2cccc(Cl)c2)N(C)C(=O)N1C. The van der Waals surface area contributed by atoms with E-state index in [-0.39, 0.29) is 11.9 Å². The molecule has 0 N–H and O–H groups in total. The molecular formula is C26H29BrClN3O3. The van der Waals surface area contributed by atoms with E-state index in [0.717, 1.165) is 48.8 Å². The summed E-state index contributed by atoms with van der Waals surface area (Å²) in [7, 11) is 3.45. The third-order valence-electron chi connectivity index (χ3n) is 6.56. The van der Waals surface area contributed by atoms with E-state index in [2.05, 4.69) is 15.9 Å². The van der Waals surface area contributed by atoms with Crippen LogP contribution in [0.1, 0.15) is 44.2 Å². The molecule has 2 aromatic rings. The predicted octanol–water partition coefficient (Wildman–Crippen LogP) is 6.61. The highest BCUT2D eigenvalue weighted by Gasteiger charge is 2.41. The van der Waals surface area contributed by atoms with E-state index in [1.165, 1.54) is 0 Å². The summed E-state index contributed by atoms with van der Waals surface area (Å²) in [5, 5.41) is 0.563. The summed E-state index contributed by atoms with van der Waals surface area (Å²) in [6, 6.07) is 12.1. The van der Waals surface area contributed by atoms with Crippen LogP contribution < -0.4 is 4.74 Å². The summed E-state index contributed by atoms with van der Waals surface area (Å²) >= 11 is 9.70. The zero-order valence-corrected chi connectivity index (χ0v) is 22.0. The molecule has 0 aromatic heterocycles. The maximum absolute atomic E-state index is 13.9. The number of nitrogens with zero attached hydrogens (tertiary/aromatic N) is 3. The van der Waals surface area contributed by atoms with Gasteiger partial charge in [0, 0.05) is 47.9 Å². The van der Waals surface area contributed by atoms with E-state index in [1.807, 2.05) is 42.2 Å². The zero-order chi connectivity index (χ0) is 24.4. The Bertz CT molecular complexity index is 1130. The van der Waals surface area contributed by atoms with Crippen molar-refractivity contribution in [1.82, 2.24) is 14.7 Å². The number of halogens is 2. The molecular weight excluding hydrogens is 518 g/mol. The van der Waals surface area contributed by atoms with Crippen LogP contribution in [0.15, 0.2) is 58.2 Å². The normalized spacial score (nSPS) is 19.4. The second-order valence-electron chi connectivity index (χ2n) is 8.80. The lowest BCUT2D eigenvalue weighted by molar-refractivity contribution is -0.128. The average Bonchev–Trinajstić information content (AvgIpc) is 3.10. The van der Waals surface area contributed by atoms with Crippen LogP contribution in [-0.2, 0) is 4.79 Å². The van der Waals surface area contributed by atoms with Crippen molar-refractivity contribution >= 4 is 39.5 Å². The van der Waals surface area contributed by atoms with Crippen LogP contribution in [0.4, 0.5) is 4.79 Å². The van der Waals surface area contributed by atoms with Crippen molar-refractivity contribution in [1.29, 1.82) is 0 Å². The third kappa shape index (κ3) is 4.96. The highest BCUT2D eigenvalue weighted by atomic mass is 79.9. The molecule has 1 saturated heterocycles. The number of ether oxygens (including phenoxy) is 1. The average molecular weight is 547 g/mol. The highest BCUT2D eigenvalue weighted by molar-refractivity contribution is 9.10. The fourth-order valence-corrected chi connectivity index (χ4v) is 5.14. The standard InChI is InChI=1S/C26H29BrClN3O3/c1-17-23(25(32)31-13-6-4-5-7-14-31)24(30(3)26(33)29(17)2)21-12-11-18(27)15-22(21)34-20-10-8-9-19(28)16-20/h8-12,15-16,24H,4-7,13-14H2,1-3H3. The lowest BCUT2D eigenvalue weighted by Crippen LogP contribution is -2.49. The molecule has 34 heavy (non-hydrogen) atoms. The number of carbonyl (C=O) groups is 2. The summed E-state index contributed by atoms with van der Waals surface area (Å²) in [5.41, 5.74) is 2.01. The van der Waals surface area contributed by atoms with Crippen molar-refractivity contribution in [3.05, 3.63) is 68.8 Å². The van der Waals surface area contributed by atoms with Crippen LogP contribution in [0.5, 0.6) is 11.5 Å². The van der Waals surface area contributed by atoms with Crippen LogP contribution in [-0.4, -0.2) is 53.8 Å². The van der Waals surface area contributed by atoms with Crippen molar-refractivity contribution in [2.24, 2.45) is 0 Å². The first-order chi connectivity index (χ1) is 16.3. The molecule has 4 rings (SSSR count). The molecule has 3 amide bonds. The number of urea groups is 1. The molecule has 0 spiro atoms. The molecule has 6 nitrogen and oxygen atoms in total. The molecule has 2 heterocycles. The van der Waals surface area contributed by atoms with Gasteiger partial charge in [0.25, 0.3) is 5.91 Å². The van der Waals surface area contributed by atoms with Crippen LogP contribution >= 0.6 is 27.5 Å². The maximum atomic E-state index is 13.9. The van der Waals surface area contributed by atoms with Gasteiger partial charge in [-0.2, -0.15) is 0 Å². The van der Waals surface area contributed by atoms with Crippen molar-refractivity contribution < 1.29 is 14.3 Å². The first kappa shape index (κ1) is 24.6. The van der Waals surface area contributed by atoms with Gasteiger partial charge in [-0.3, -0.25) is 4.79 Å². The number of allylic oxidation sites excluding steroid dienone is 1. The number of hydrogen-bond acceptors (Lipinski definition) is 3. The van der Waals surface area contributed by atoms with Crippen LogP contribution in [0.25, 0.3) is 0 Å². The molecule has 0 bridgehead atoms. The number of carbonyl (C=O) groups excluding carboxylic acids is 2.